The molecule has 2 rings (SSSR count). The average molecular weight is 231 g/mol. The number of fused-ring (bicyclic) bond motifs is 1. The molecule has 0 unspecified atom stereocenters. The number of hydrogen-bond acceptors (Lipinski definition) is 2. The lowest BCUT2D eigenvalue weighted by Gasteiger charge is -2.21. The Kier molecular flexibility index (Phi) is 2.57. The van der Waals surface area contributed by atoms with Crippen LogP contribution in [-0.4, -0.2) is 4.98 Å². The van der Waals surface area contributed by atoms with E-state index in [2.05, 4.69) is 41.5 Å². The highest BCUT2D eigenvalue weighted by Crippen LogP contribution is 2.34. The molecular weight excluding hydrogens is 210 g/mol. The summed E-state index contributed by atoms with van der Waals surface area (Å²) >= 11 is 0. The van der Waals surface area contributed by atoms with Crippen molar-refractivity contribution < 1.29 is 4.42 Å². The van der Waals surface area contributed by atoms with E-state index in [1.165, 1.54) is 16.5 Å². The van der Waals surface area contributed by atoms with Gasteiger partial charge in [0.15, 0.2) is 0 Å². The van der Waals surface area contributed by atoms with Crippen LogP contribution in [0.2, 0.25) is 0 Å². The second-order valence-corrected chi connectivity index (χ2v) is 5.91. The van der Waals surface area contributed by atoms with Gasteiger partial charge >= 0.3 is 0 Å². The SMILES string of the molecule is Cc1oc2c(C)c(C(C)(C)C)nc(C)c2c1C. The zero-order chi connectivity index (χ0) is 13.0. The third kappa shape index (κ3) is 1.76. The average Bonchev–Trinajstić information content (AvgIpc) is 2.49. The Hall–Kier alpha value is -1.31. The minimum Gasteiger partial charge on any atom is -0.461 e. The van der Waals surface area contributed by atoms with E-state index in [1.807, 2.05) is 6.92 Å². The zero-order valence-electron chi connectivity index (χ0n) is 11.9. The van der Waals surface area contributed by atoms with Crippen molar-refractivity contribution in [3.05, 3.63) is 28.3 Å². The van der Waals surface area contributed by atoms with Crippen LogP contribution in [0.3, 0.4) is 0 Å². The third-order valence-electron chi connectivity index (χ3n) is 3.43. The molecule has 0 saturated heterocycles. The van der Waals surface area contributed by atoms with Crippen molar-refractivity contribution in [3.63, 3.8) is 0 Å². The van der Waals surface area contributed by atoms with Crippen LogP contribution in [0.15, 0.2) is 4.42 Å². The molecule has 2 aromatic heterocycles. The van der Waals surface area contributed by atoms with E-state index in [0.717, 1.165) is 22.7 Å². The maximum absolute atomic E-state index is 5.91. The van der Waals surface area contributed by atoms with Crippen LogP contribution >= 0.6 is 0 Å². The molecule has 2 heteroatoms. The Labute approximate surface area is 103 Å². The molecule has 0 saturated carbocycles. The summed E-state index contributed by atoms with van der Waals surface area (Å²) in [7, 11) is 0. The lowest BCUT2D eigenvalue weighted by Crippen LogP contribution is -2.16. The summed E-state index contributed by atoms with van der Waals surface area (Å²) in [6.45, 7) is 14.9. The molecule has 0 aliphatic rings. The van der Waals surface area contributed by atoms with Gasteiger partial charge in [0.2, 0.25) is 0 Å². The fraction of sp³-hybridized carbons (Fsp3) is 0.533. The quantitative estimate of drug-likeness (QED) is 0.673. The van der Waals surface area contributed by atoms with Gasteiger partial charge in [-0.3, -0.25) is 4.98 Å². The summed E-state index contributed by atoms with van der Waals surface area (Å²) in [5.41, 5.74) is 5.67. The van der Waals surface area contributed by atoms with Crippen LogP contribution in [0.4, 0.5) is 0 Å². The van der Waals surface area contributed by atoms with Gasteiger partial charge in [-0.05, 0) is 33.3 Å². The standard InChI is InChI=1S/C15H21NO/c1-8-11(4)17-13-9(2)14(15(5,6)7)16-10(3)12(8)13/h1-7H3. The third-order valence-corrected chi connectivity index (χ3v) is 3.43. The van der Waals surface area contributed by atoms with Gasteiger partial charge in [0.05, 0.1) is 5.69 Å². The first-order chi connectivity index (χ1) is 7.73. The Balaban J connectivity index is 2.91. The van der Waals surface area contributed by atoms with Gasteiger partial charge in [-0.25, -0.2) is 0 Å². The van der Waals surface area contributed by atoms with Crippen LogP contribution in [0, 0.1) is 27.7 Å². The molecule has 92 valence electrons. The minimum absolute atomic E-state index is 0.0532. The van der Waals surface area contributed by atoms with Crippen LogP contribution in [0.25, 0.3) is 11.0 Å². The van der Waals surface area contributed by atoms with Crippen LogP contribution in [0.5, 0.6) is 0 Å². The molecule has 0 fully saturated rings. The van der Waals surface area contributed by atoms with Crippen LogP contribution < -0.4 is 0 Å². The molecule has 0 amide bonds. The number of furan rings is 1. The van der Waals surface area contributed by atoms with E-state index in [1.54, 1.807) is 0 Å². The lowest BCUT2D eigenvalue weighted by atomic mass is 9.87. The van der Waals surface area contributed by atoms with Gasteiger partial charge in [0.1, 0.15) is 11.3 Å². The van der Waals surface area contributed by atoms with Crippen LogP contribution in [-0.2, 0) is 5.41 Å². The topological polar surface area (TPSA) is 26.0 Å². The molecule has 0 radical (unpaired) electrons. The molecule has 0 N–H and O–H groups in total. The van der Waals surface area contributed by atoms with Crippen molar-refractivity contribution in [1.29, 1.82) is 0 Å². The van der Waals surface area contributed by atoms with Crippen molar-refractivity contribution >= 4 is 11.0 Å². The van der Waals surface area contributed by atoms with E-state index in [-0.39, 0.29) is 5.41 Å². The van der Waals surface area contributed by atoms with Crippen molar-refractivity contribution in [1.82, 2.24) is 4.98 Å². The fourth-order valence-electron chi connectivity index (χ4n) is 2.47. The Morgan fingerprint density at radius 3 is 2.06 bits per heavy atom. The molecule has 0 atom stereocenters. The first-order valence-corrected chi connectivity index (χ1v) is 6.11. The monoisotopic (exact) mass is 231 g/mol. The number of rotatable bonds is 0. The van der Waals surface area contributed by atoms with Gasteiger partial charge in [-0.2, -0.15) is 0 Å². The van der Waals surface area contributed by atoms with E-state index >= 15 is 0 Å². The Morgan fingerprint density at radius 2 is 1.53 bits per heavy atom. The largest absolute Gasteiger partial charge is 0.461 e. The molecular formula is C15H21NO. The molecule has 17 heavy (non-hydrogen) atoms. The predicted molar refractivity (Wildman–Crippen MR) is 71.7 cm³/mol. The highest BCUT2D eigenvalue weighted by molar-refractivity contribution is 5.87. The molecule has 0 aliphatic carbocycles. The van der Waals surface area contributed by atoms with Gasteiger partial charge in [0, 0.05) is 22.1 Å². The maximum atomic E-state index is 5.91. The molecule has 2 heterocycles. The van der Waals surface area contributed by atoms with Gasteiger partial charge < -0.3 is 4.42 Å². The highest BCUT2D eigenvalue weighted by atomic mass is 16.3. The summed E-state index contributed by atoms with van der Waals surface area (Å²) in [6.07, 6.45) is 0. The molecule has 0 aromatic carbocycles. The number of hydrogen-bond donors (Lipinski definition) is 0. The second-order valence-electron chi connectivity index (χ2n) is 5.91. The summed E-state index contributed by atoms with van der Waals surface area (Å²) in [5, 5.41) is 1.19. The van der Waals surface area contributed by atoms with Gasteiger partial charge in [-0.1, -0.05) is 20.8 Å². The predicted octanol–water partition coefficient (Wildman–Crippen LogP) is 4.36. The van der Waals surface area contributed by atoms with Crippen molar-refractivity contribution in [2.75, 3.05) is 0 Å². The number of aryl methyl sites for hydroxylation is 4. The van der Waals surface area contributed by atoms with E-state index in [4.69, 9.17) is 9.40 Å². The number of aromatic nitrogens is 1. The van der Waals surface area contributed by atoms with Gasteiger partial charge in [0.25, 0.3) is 0 Å². The zero-order valence-corrected chi connectivity index (χ0v) is 11.9. The first kappa shape index (κ1) is 12.2. The Morgan fingerprint density at radius 1 is 0.941 bits per heavy atom. The molecule has 0 bridgehead atoms. The fourth-order valence-corrected chi connectivity index (χ4v) is 2.47. The molecule has 2 nitrogen and oxygen atoms in total. The van der Waals surface area contributed by atoms with Crippen molar-refractivity contribution in [2.45, 2.75) is 53.9 Å². The van der Waals surface area contributed by atoms with E-state index < -0.39 is 0 Å². The molecule has 0 spiro atoms. The van der Waals surface area contributed by atoms with E-state index in [0.29, 0.717) is 0 Å². The molecule has 2 aromatic rings. The van der Waals surface area contributed by atoms with Crippen molar-refractivity contribution in [3.8, 4) is 0 Å². The maximum Gasteiger partial charge on any atom is 0.141 e. The van der Waals surface area contributed by atoms with Crippen LogP contribution in [0.1, 0.15) is 49.0 Å². The highest BCUT2D eigenvalue weighted by Gasteiger charge is 2.23. The first-order valence-electron chi connectivity index (χ1n) is 6.11. The van der Waals surface area contributed by atoms with E-state index in [9.17, 15) is 0 Å². The summed E-state index contributed by atoms with van der Waals surface area (Å²) in [5.74, 6) is 0.999. The second kappa shape index (κ2) is 3.59. The van der Waals surface area contributed by atoms with Gasteiger partial charge in [-0.15, -0.1) is 0 Å². The van der Waals surface area contributed by atoms with Crippen molar-refractivity contribution in [2.24, 2.45) is 0 Å². The summed E-state index contributed by atoms with van der Waals surface area (Å²) in [4.78, 5) is 4.79. The summed E-state index contributed by atoms with van der Waals surface area (Å²) in [6, 6.07) is 0. The number of nitrogens with zero attached hydrogens (tertiary/aromatic N) is 1. The lowest BCUT2D eigenvalue weighted by molar-refractivity contribution is 0.548. The minimum atomic E-state index is 0.0532. The normalized spacial score (nSPS) is 12.4. The smallest absolute Gasteiger partial charge is 0.141 e. The Bertz CT molecular complexity index is 585. The summed E-state index contributed by atoms with van der Waals surface area (Å²) < 4.78 is 5.91. The number of pyridine rings is 1. The molecule has 0 aliphatic heterocycles.